The summed E-state index contributed by atoms with van der Waals surface area (Å²) in [5.41, 5.74) is 0. The summed E-state index contributed by atoms with van der Waals surface area (Å²) in [7, 11) is 0. The third-order valence-electron chi connectivity index (χ3n) is 0.718. The van der Waals surface area contributed by atoms with Crippen LogP contribution in [0.2, 0.25) is 0 Å². The molecule has 5 heteroatoms. The minimum Gasteiger partial charge on any atom is -0.458 e. The molecule has 0 aliphatic rings. The molecule has 0 aromatic rings. The van der Waals surface area contributed by atoms with Crippen LogP contribution in [0.3, 0.4) is 0 Å². The molecule has 66 valence electrons. The molecule has 0 radical (unpaired) electrons. The lowest BCUT2D eigenvalue weighted by Gasteiger charge is -1.99. The fourth-order valence-corrected chi connectivity index (χ4v) is 0.380. The van der Waals surface area contributed by atoms with Crippen molar-refractivity contribution >= 4 is 11.9 Å². The second-order valence-electron chi connectivity index (χ2n) is 1.44. The van der Waals surface area contributed by atoms with Gasteiger partial charge in [-0.05, 0) is 13.8 Å². The number of esters is 2. The quantitative estimate of drug-likeness (QED) is 0.398. The number of ether oxygens (including phenoxy) is 2. The average molecular weight is 164 g/mol. The third kappa shape index (κ3) is 5.35. The molecule has 11 heavy (non-hydrogen) atoms. The molecule has 0 spiro atoms. The highest BCUT2D eigenvalue weighted by Gasteiger charge is 2.14. The zero-order valence-corrected chi connectivity index (χ0v) is 6.55. The molecule has 0 aromatic carbocycles. The van der Waals surface area contributed by atoms with Gasteiger partial charge in [-0.3, -0.25) is 0 Å². The number of rotatable bonds is 2. The molecule has 0 bridgehead atoms. The van der Waals surface area contributed by atoms with Gasteiger partial charge in [-0.1, -0.05) is 0 Å². The Morgan fingerprint density at radius 2 is 1.27 bits per heavy atom. The SMILES string of the molecule is CCOC(=O)C(=O)OCC.O. The number of hydrogen-bond acceptors (Lipinski definition) is 4. The predicted molar refractivity (Wildman–Crippen MR) is 36.9 cm³/mol. The molecule has 5 nitrogen and oxygen atoms in total. The number of carbonyl (C=O) groups excluding carboxylic acids is 2. The Labute approximate surface area is 64.6 Å². The van der Waals surface area contributed by atoms with Gasteiger partial charge >= 0.3 is 11.9 Å². The van der Waals surface area contributed by atoms with Gasteiger partial charge in [0.1, 0.15) is 0 Å². The van der Waals surface area contributed by atoms with E-state index in [0.717, 1.165) is 0 Å². The summed E-state index contributed by atoms with van der Waals surface area (Å²) in [6.07, 6.45) is 0. The van der Waals surface area contributed by atoms with E-state index < -0.39 is 11.9 Å². The van der Waals surface area contributed by atoms with Crippen molar-refractivity contribution in [3.8, 4) is 0 Å². The van der Waals surface area contributed by atoms with Crippen molar-refractivity contribution < 1.29 is 24.5 Å². The van der Waals surface area contributed by atoms with Gasteiger partial charge in [0.25, 0.3) is 0 Å². The molecular formula is C6H12O5. The van der Waals surface area contributed by atoms with Gasteiger partial charge < -0.3 is 14.9 Å². The van der Waals surface area contributed by atoms with Crippen molar-refractivity contribution in [2.75, 3.05) is 13.2 Å². The standard InChI is InChI=1S/C6H10O4.H2O/c1-3-9-5(7)6(8)10-4-2;/h3-4H2,1-2H3;1H2. The van der Waals surface area contributed by atoms with E-state index in [1.165, 1.54) is 0 Å². The Bertz CT molecular complexity index is 115. The van der Waals surface area contributed by atoms with E-state index >= 15 is 0 Å². The maximum Gasteiger partial charge on any atom is 0.417 e. The van der Waals surface area contributed by atoms with Crippen LogP contribution in [-0.4, -0.2) is 30.6 Å². The lowest BCUT2D eigenvalue weighted by Crippen LogP contribution is -2.19. The van der Waals surface area contributed by atoms with E-state index in [1.807, 2.05) is 0 Å². The zero-order valence-electron chi connectivity index (χ0n) is 6.55. The van der Waals surface area contributed by atoms with Crippen molar-refractivity contribution in [3.05, 3.63) is 0 Å². The van der Waals surface area contributed by atoms with Crippen LogP contribution >= 0.6 is 0 Å². The highest BCUT2D eigenvalue weighted by molar-refractivity contribution is 6.29. The van der Waals surface area contributed by atoms with Crippen LogP contribution in [0.1, 0.15) is 13.8 Å². The molecule has 0 amide bonds. The summed E-state index contributed by atoms with van der Waals surface area (Å²) in [6, 6.07) is 0. The second-order valence-corrected chi connectivity index (χ2v) is 1.44. The van der Waals surface area contributed by atoms with Gasteiger partial charge in [0.2, 0.25) is 0 Å². The van der Waals surface area contributed by atoms with E-state index in [0.29, 0.717) is 0 Å². The minimum absolute atomic E-state index is 0. The molecule has 0 saturated heterocycles. The summed E-state index contributed by atoms with van der Waals surface area (Å²) < 4.78 is 8.69. The molecule has 0 heterocycles. The highest BCUT2D eigenvalue weighted by Crippen LogP contribution is 1.82. The van der Waals surface area contributed by atoms with Crippen LogP contribution in [0.4, 0.5) is 0 Å². The lowest BCUT2D eigenvalue weighted by molar-refractivity contribution is -0.167. The molecule has 0 saturated carbocycles. The van der Waals surface area contributed by atoms with Crippen molar-refractivity contribution in [1.82, 2.24) is 0 Å². The van der Waals surface area contributed by atoms with E-state index in [1.54, 1.807) is 13.8 Å². The molecule has 0 fully saturated rings. The molecule has 0 aliphatic carbocycles. The molecule has 0 atom stereocenters. The first-order valence-electron chi connectivity index (χ1n) is 3.06. The van der Waals surface area contributed by atoms with Crippen LogP contribution in [0, 0.1) is 0 Å². The smallest absolute Gasteiger partial charge is 0.417 e. The van der Waals surface area contributed by atoms with Crippen molar-refractivity contribution in [1.29, 1.82) is 0 Å². The van der Waals surface area contributed by atoms with Crippen molar-refractivity contribution in [2.24, 2.45) is 0 Å². The summed E-state index contributed by atoms with van der Waals surface area (Å²) >= 11 is 0. The summed E-state index contributed by atoms with van der Waals surface area (Å²) in [4.78, 5) is 20.9. The molecule has 2 N–H and O–H groups in total. The van der Waals surface area contributed by atoms with E-state index in [-0.39, 0.29) is 18.7 Å². The Hall–Kier alpha value is -1.10. The van der Waals surface area contributed by atoms with E-state index in [2.05, 4.69) is 9.47 Å². The van der Waals surface area contributed by atoms with Crippen LogP contribution in [0.5, 0.6) is 0 Å². The van der Waals surface area contributed by atoms with Gasteiger partial charge in [-0.15, -0.1) is 0 Å². The summed E-state index contributed by atoms with van der Waals surface area (Å²) in [5, 5.41) is 0. The first-order valence-corrected chi connectivity index (χ1v) is 3.06. The Balaban J connectivity index is 0. The van der Waals surface area contributed by atoms with Gasteiger partial charge in [-0.2, -0.15) is 0 Å². The first-order chi connectivity index (χ1) is 4.72. The molecule has 0 unspecified atom stereocenters. The molecule has 0 aromatic heterocycles. The van der Waals surface area contributed by atoms with Crippen LogP contribution < -0.4 is 0 Å². The molecular weight excluding hydrogens is 152 g/mol. The largest absolute Gasteiger partial charge is 0.458 e. The van der Waals surface area contributed by atoms with E-state index in [9.17, 15) is 9.59 Å². The van der Waals surface area contributed by atoms with Crippen LogP contribution in [-0.2, 0) is 19.1 Å². The van der Waals surface area contributed by atoms with Gasteiger partial charge in [0, 0.05) is 0 Å². The normalized spacial score (nSPS) is 7.82. The first kappa shape index (κ1) is 12.6. The molecule has 0 rings (SSSR count). The summed E-state index contributed by atoms with van der Waals surface area (Å²) in [5.74, 6) is -1.85. The maximum atomic E-state index is 10.4. The van der Waals surface area contributed by atoms with Gasteiger partial charge in [-0.25, -0.2) is 9.59 Å². The van der Waals surface area contributed by atoms with Crippen molar-refractivity contribution in [2.45, 2.75) is 13.8 Å². The van der Waals surface area contributed by atoms with Gasteiger partial charge in [0.05, 0.1) is 13.2 Å². The van der Waals surface area contributed by atoms with E-state index in [4.69, 9.17) is 0 Å². The topological polar surface area (TPSA) is 84.1 Å². The van der Waals surface area contributed by atoms with Crippen LogP contribution in [0.15, 0.2) is 0 Å². The Morgan fingerprint density at radius 3 is 1.45 bits per heavy atom. The second kappa shape index (κ2) is 7.01. The van der Waals surface area contributed by atoms with Gasteiger partial charge in [0.15, 0.2) is 0 Å². The van der Waals surface area contributed by atoms with Crippen molar-refractivity contribution in [3.63, 3.8) is 0 Å². The number of hydrogen-bond donors (Lipinski definition) is 0. The average Bonchev–Trinajstić information content (AvgIpc) is 1.89. The third-order valence-corrected chi connectivity index (χ3v) is 0.718. The summed E-state index contributed by atoms with van der Waals surface area (Å²) in [6.45, 7) is 3.63. The van der Waals surface area contributed by atoms with Crippen LogP contribution in [0.25, 0.3) is 0 Å². The fourth-order valence-electron chi connectivity index (χ4n) is 0.380. The fraction of sp³-hybridized carbons (Fsp3) is 0.667. The number of carbonyl (C=O) groups is 2. The lowest BCUT2D eigenvalue weighted by atomic mass is 10.7. The monoisotopic (exact) mass is 164 g/mol. The minimum atomic E-state index is -0.927. The zero-order chi connectivity index (χ0) is 7.98. The maximum absolute atomic E-state index is 10.4. The Morgan fingerprint density at radius 1 is 1.00 bits per heavy atom. The Kier molecular flexibility index (Phi) is 8.01. The molecule has 0 aliphatic heterocycles. The highest BCUT2D eigenvalue weighted by atomic mass is 16.6. The predicted octanol–water partition coefficient (Wildman–Crippen LogP) is -0.712.